The fourth-order valence-electron chi connectivity index (χ4n) is 4.59. The fraction of sp³-hybridized carbons (Fsp3) is 0.226. The molecule has 3 aromatic carbocycles. The number of halogens is 1. The Morgan fingerprint density at radius 1 is 0.905 bits per heavy atom. The summed E-state index contributed by atoms with van der Waals surface area (Å²) in [6, 6.07) is 27.4. The van der Waals surface area contributed by atoms with Crippen LogP contribution in [0.2, 0.25) is 0 Å². The van der Waals surface area contributed by atoms with Gasteiger partial charge in [-0.15, -0.1) is 0 Å². The van der Waals surface area contributed by atoms with E-state index in [-0.39, 0.29) is 10.8 Å². The first kappa shape index (κ1) is 29.6. The van der Waals surface area contributed by atoms with Gasteiger partial charge in [-0.2, -0.15) is 8.42 Å². The molecule has 1 aromatic heterocycles. The van der Waals surface area contributed by atoms with Gasteiger partial charge >= 0.3 is 0 Å². The fourth-order valence-corrected chi connectivity index (χ4v) is 6.11. The number of amides is 1. The molecular formula is C31H32BrN5O4S. The summed E-state index contributed by atoms with van der Waals surface area (Å²) < 4.78 is 29.0. The van der Waals surface area contributed by atoms with Crippen LogP contribution in [0.5, 0.6) is 5.75 Å². The van der Waals surface area contributed by atoms with Crippen LogP contribution in [0.25, 0.3) is 0 Å². The molecule has 1 saturated heterocycles. The van der Waals surface area contributed by atoms with Crippen molar-refractivity contribution in [2.24, 2.45) is 0 Å². The SMILES string of the molecule is Cc1cccc(N2CCN(CCNC(=O)c3ccc(S(=O)(=O)N(Oc4ccc(Br)cc4)c4ccccc4)cc3)CC2)n1. The minimum atomic E-state index is -4.11. The maximum atomic E-state index is 13.6. The van der Waals surface area contributed by atoms with Crippen LogP contribution in [-0.2, 0) is 10.0 Å². The van der Waals surface area contributed by atoms with Gasteiger partial charge in [0.25, 0.3) is 15.9 Å². The van der Waals surface area contributed by atoms with E-state index in [1.807, 2.05) is 25.1 Å². The largest absolute Gasteiger partial charge is 0.364 e. The zero-order chi connectivity index (χ0) is 29.5. The highest BCUT2D eigenvalue weighted by Crippen LogP contribution is 2.27. The Labute approximate surface area is 254 Å². The molecule has 1 amide bonds. The van der Waals surface area contributed by atoms with Crippen molar-refractivity contribution < 1.29 is 18.0 Å². The number of nitrogens with zero attached hydrogens (tertiary/aromatic N) is 4. The van der Waals surface area contributed by atoms with Gasteiger partial charge in [-0.1, -0.05) is 44.7 Å². The summed E-state index contributed by atoms with van der Waals surface area (Å²) in [7, 11) is -4.11. The average molecular weight is 651 g/mol. The van der Waals surface area contributed by atoms with Gasteiger partial charge < -0.3 is 15.1 Å². The maximum Gasteiger partial charge on any atom is 0.295 e. The highest BCUT2D eigenvalue weighted by molar-refractivity contribution is 9.10. The number of para-hydroxylation sites is 1. The highest BCUT2D eigenvalue weighted by atomic mass is 79.9. The van der Waals surface area contributed by atoms with Crippen LogP contribution >= 0.6 is 15.9 Å². The first-order valence-corrected chi connectivity index (χ1v) is 15.9. The van der Waals surface area contributed by atoms with E-state index < -0.39 is 10.0 Å². The maximum absolute atomic E-state index is 13.6. The molecular weight excluding hydrogens is 618 g/mol. The molecule has 0 atom stereocenters. The second-order valence-corrected chi connectivity index (χ2v) is 12.5. The Morgan fingerprint density at radius 3 is 2.26 bits per heavy atom. The number of pyridine rings is 1. The molecule has 0 saturated carbocycles. The molecule has 42 heavy (non-hydrogen) atoms. The summed E-state index contributed by atoms with van der Waals surface area (Å²) in [4.78, 5) is 27.8. The average Bonchev–Trinajstić information content (AvgIpc) is 3.01. The molecule has 9 nitrogen and oxygen atoms in total. The number of piperazine rings is 1. The number of nitrogens with one attached hydrogen (secondary N) is 1. The van der Waals surface area contributed by atoms with Crippen LogP contribution < -0.4 is 19.5 Å². The van der Waals surface area contributed by atoms with Gasteiger partial charge in [-0.25, -0.2) is 4.98 Å². The van der Waals surface area contributed by atoms with E-state index in [1.54, 1.807) is 54.6 Å². The van der Waals surface area contributed by atoms with Gasteiger partial charge in [-0.05, 0) is 79.7 Å². The third-order valence-corrected chi connectivity index (χ3v) is 9.00. The molecule has 0 unspecified atom stereocenters. The molecule has 0 radical (unpaired) electrons. The van der Waals surface area contributed by atoms with E-state index in [4.69, 9.17) is 4.84 Å². The van der Waals surface area contributed by atoms with Crippen molar-refractivity contribution in [3.63, 3.8) is 0 Å². The number of benzene rings is 3. The third-order valence-electron chi connectivity index (χ3n) is 6.89. The Morgan fingerprint density at radius 2 is 1.60 bits per heavy atom. The van der Waals surface area contributed by atoms with E-state index in [0.717, 1.165) is 53.2 Å². The van der Waals surface area contributed by atoms with Gasteiger partial charge in [0.05, 0.1) is 10.6 Å². The molecule has 1 aliphatic rings. The van der Waals surface area contributed by atoms with Crippen LogP contribution in [0, 0.1) is 6.92 Å². The van der Waals surface area contributed by atoms with Gasteiger partial charge in [0.1, 0.15) is 5.82 Å². The molecule has 0 aliphatic carbocycles. The Kier molecular flexibility index (Phi) is 9.41. The van der Waals surface area contributed by atoms with Crippen molar-refractivity contribution in [3.05, 3.63) is 113 Å². The number of hydrogen-bond donors (Lipinski definition) is 1. The number of carbonyl (C=O) groups excluding carboxylic acids is 1. The molecule has 218 valence electrons. The number of rotatable bonds is 10. The monoisotopic (exact) mass is 649 g/mol. The topological polar surface area (TPSA) is 95.1 Å². The van der Waals surface area contributed by atoms with Crippen LogP contribution in [0.15, 0.2) is 106 Å². The van der Waals surface area contributed by atoms with Crippen LogP contribution in [0.4, 0.5) is 11.5 Å². The molecule has 0 bridgehead atoms. The minimum absolute atomic E-state index is 0.000912. The second kappa shape index (κ2) is 13.4. The summed E-state index contributed by atoms with van der Waals surface area (Å²) in [5.41, 5.74) is 1.73. The Bertz CT molecular complexity index is 1590. The number of anilines is 2. The van der Waals surface area contributed by atoms with Gasteiger partial charge in [0, 0.05) is 55.0 Å². The summed E-state index contributed by atoms with van der Waals surface area (Å²) >= 11 is 3.37. The predicted octanol–water partition coefficient (Wildman–Crippen LogP) is 4.89. The first-order valence-electron chi connectivity index (χ1n) is 13.6. The van der Waals surface area contributed by atoms with E-state index in [0.29, 0.717) is 23.5 Å². The molecule has 4 aromatic rings. The molecule has 11 heteroatoms. The van der Waals surface area contributed by atoms with Crippen molar-refractivity contribution in [1.29, 1.82) is 0 Å². The van der Waals surface area contributed by atoms with Crippen molar-refractivity contribution in [3.8, 4) is 5.75 Å². The molecule has 1 fully saturated rings. The number of carbonyl (C=O) groups is 1. The van der Waals surface area contributed by atoms with Crippen molar-refractivity contribution in [1.82, 2.24) is 15.2 Å². The molecule has 5 rings (SSSR count). The quantitative estimate of drug-likeness (QED) is 0.244. The van der Waals surface area contributed by atoms with Gasteiger partial charge in [-0.3, -0.25) is 9.69 Å². The number of sulfonamides is 1. The van der Waals surface area contributed by atoms with Crippen LogP contribution in [0.3, 0.4) is 0 Å². The Balaban J connectivity index is 1.18. The number of aromatic nitrogens is 1. The lowest BCUT2D eigenvalue weighted by molar-refractivity contribution is 0.0947. The summed E-state index contributed by atoms with van der Waals surface area (Å²) in [5, 5.41) is 2.95. The standard InChI is InChI=1S/C31H32BrN5O4S/c1-24-6-5-9-30(34-24)36-22-20-35(21-23-36)19-18-33-31(38)25-10-16-29(17-11-25)42(39,40)37(27-7-3-2-4-8-27)41-28-14-12-26(32)13-15-28/h2-17H,18-23H2,1H3,(H,33,38). The van der Waals surface area contributed by atoms with Crippen molar-refractivity contribution >= 4 is 43.4 Å². The Hall–Kier alpha value is -3.93. The van der Waals surface area contributed by atoms with E-state index in [9.17, 15) is 13.2 Å². The third kappa shape index (κ3) is 7.28. The highest BCUT2D eigenvalue weighted by Gasteiger charge is 2.28. The number of hydrogen-bond acceptors (Lipinski definition) is 7. The van der Waals surface area contributed by atoms with E-state index >= 15 is 0 Å². The zero-order valence-corrected chi connectivity index (χ0v) is 25.6. The van der Waals surface area contributed by atoms with Crippen molar-refractivity contribution in [2.45, 2.75) is 11.8 Å². The van der Waals surface area contributed by atoms with Gasteiger partial charge in [0.15, 0.2) is 5.75 Å². The lowest BCUT2D eigenvalue weighted by Gasteiger charge is -2.35. The van der Waals surface area contributed by atoms with Crippen molar-refractivity contribution in [2.75, 3.05) is 48.6 Å². The summed E-state index contributed by atoms with van der Waals surface area (Å²) in [6.45, 7) is 6.75. The summed E-state index contributed by atoms with van der Waals surface area (Å²) in [6.07, 6.45) is 0. The van der Waals surface area contributed by atoms with Gasteiger partial charge in [0.2, 0.25) is 0 Å². The van der Waals surface area contributed by atoms with E-state index in [1.165, 1.54) is 24.3 Å². The minimum Gasteiger partial charge on any atom is -0.364 e. The lowest BCUT2D eigenvalue weighted by Crippen LogP contribution is -2.48. The normalized spacial score (nSPS) is 13.9. The lowest BCUT2D eigenvalue weighted by atomic mass is 10.2. The number of aryl methyl sites for hydroxylation is 1. The molecule has 1 aliphatic heterocycles. The smallest absolute Gasteiger partial charge is 0.295 e. The van der Waals surface area contributed by atoms with Crippen LogP contribution in [0.1, 0.15) is 16.1 Å². The predicted molar refractivity (Wildman–Crippen MR) is 167 cm³/mol. The van der Waals surface area contributed by atoms with Crippen LogP contribution in [-0.4, -0.2) is 63.5 Å². The summed E-state index contributed by atoms with van der Waals surface area (Å²) in [5.74, 6) is 1.10. The zero-order valence-electron chi connectivity index (χ0n) is 23.2. The molecule has 2 heterocycles. The van der Waals surface area contributed by atoms with E-state index in [2.05, 4.69) is 36.0 Å². The second-order valence-electron chi connectivity index (χ2n) is 9.86. The molecule has 1 N–H and O–H groups in total. The first-order chi connectivity index (χ1) is 20.3. The molecule has 0 spiro atoms.